The Hall–Kier alpha value is -1.36. The van der Waals surface area contributed by atoms with Crippen molar-refractivity contribution in [2.45, 2.75) is 94.6 Å². The molecule has 1 unspecified atom stereocenters. The Labute approximate surface area is 192 Å². The van der Waals surface area contributed by atoms with Crippen LogP contribution in [0.4, 0.5) is 0 Å². The molecule has 0 saturated heterocycles. The van der Waals surface area contributed by atoms with Gasteiger partial charge in [0.2, 0.25) is 0 Å². The Balaban J connectivity index is 1.92. The number of methoxy groups -OCH3 is 1. The Kier molecular flexibility index (Phi) is 11.6. The van der Waals surface area contributed by atoms with Crippen molar-refractivity contribution in [1.82, 2.24) is 0 Å². The Bertz CT molecular complexity index is 672. The smallest absolute Gasteiger partial charge is 0.305 e. The predicted molar refractivity (Wildman–Crippen MR) is 126 cm³/mol. The van der Waals surface area contributed by atoms with Crippen molar-refractivity contribution >= 4 is 17.6 Å². The molecule has 31 heavy (non-hydrogen) atoms. The molecule has 0 heterocycles. The quantitative estimate of drug-likeness (QED) is 0.166. The highest BCUT2D eigenvalue weighted by molar-refractivity contribution is 6.21. The van der Waals surface area contributed by atoms with E-state index in [9.17, 15) is 15.0 Å². The van der Waals surface area contributed by atoms with Gasteiger partial charge in [0.05, 0.1) is 19.3 Å². The summed E-state index contributed by atoms with van der Waals surface area (Å²) in [5.41, 5.74) is 2.03. The number of rotatable bonds is 13. The number of carbonyl (C=O) groups excluding carboxylic acids is 1. The van der Waals surface area contributed by atoms with Gasteiger partial charge in [-0.15, -0.1) is 11.6 Å². The summed E-state index contributed by atoms with van der Waals surface area (Å²) in [6.45, 7) is 2.19. The number of allylic oxidation sites excluding steroid dienone is 2. The SMILES string of the molecule is CCCCCCC(O)c1ccc([C@@H]2[C@@H](CC=CCCCC(=O)OC)[C@H](Cl)C[C@H]2O)cc1. The van der Waals surface area contributed by atoms with Gasteiger partial charge in [0, 0.05) is 17.7 Å². The number of esters is 1. The summed E-state index contributed by atoms with van der Waals surface area (Å²) in [6, 6.07) is 8.07. The van der Waals surface area contributed by atoms with Gasteiger partial charge in [0.15, 0.2) is 0 Å². The van der Waals surface area contributed by atoms with Gasteiger partial charge in [-0.1, -0.05) is 69.0 Å². The average Bonchev–Trinajstić information content (AvgIpc) is 3.06. The monoisotopic (exact) mass is 450 g/mol. The number of halogens is 1. The normalized spacial score (nSPS) is 24.5. The number of hydrogen-bond donors (Lipinski definition) is 2. The van der Waals surface area contributed by atoms with Gasteiger partial charge in [-0.2, -0.15) is 0 Å². The molecule has 5 heteroatoms. The zero-order chi connectivity index (χ0) is 22.6. The summed E-state index contributed by atoms with van der Waals surface area (Å²) in [7, 11) is 1.41. The molecule has 2 N–H and O–H groups in total. The lowest BCUT2D eigenvalue weighted by molar-refractivity contribution is -0.140. The minimum Gasteiger partial charge on any atom is -0.469 e. The van der Waals surface area contributed by atoms with Gasteiger partial charge in [0.25, 0.3) is 0 Å². The molecule has 0 aromatic heterocycles. The van der Waals surface area contributed by atoms with E-state index in [4.69, 9.17) is 11.6 Å². The van der Waals surface area contributed by atoms with Crippen LogP contribution in [0.3, 0.4) is 0 Å². The molecule has 174 valence electrons. The fraction of sp³-hybridized carbons (Fsp3) is 0.654. The first-order valence-electron chi connectivity index (χ1n) is 11.8. The molecule has 5 atom stereocenters. The second kappa shape index (κ2) is 13.9. The van der Waals surface area contributed by atoms with Crippen molar-refractivity contribution in [2.24, 2.45) is 5.92 Å². The van der Waals surface area contributed by atoms with E-state index in [0.717, 1.165) is 49.7 Å². The third kappa shape index (κ3) is 8.25. The largest absolute Gasteiger partial charge is 0.469 e. The van der Waals surface area contributed by atoms with Crippen LogP contribution in [0, 0.1) is 5.92 Å². The minimum absolute atomic E-state index is 0.00188. The van der Waals surface area contributed by atoms with Crippen molar-refractivity contribution in [2.75, 3.05) is 7.11 Å². The topological polar surface area (TPSA) is 66.8 Å². The molecule has 0 aliphatic heterocycles. The maximum Gasteiger partial charge on any atom is 0.305 e. The number of aliphatic hydroxyl groups is 2. The molecular weight excluding hydrogens is 412 g/mol. The average molecular weight is 451 g/mol. The standard InChI is InChI=1S/C26H39ClO4/c1-3-4-5-9-12-23(28)19-14-16-20(17-15-19)26-21(22(27)18-24(26)29)11-8-6-7-10-13-25(30)31-2/h6,8,14-17,21-24,26,28-29H,3-5,7,9-13,18H2,1-2H3/t21-,22+,23?,24+,26+/m0/s1. The molecule has 1 saturated carbocycles. The van der Waals surface area contributed by atoms with Crippen LogP contribution in [0.5, 0.6) is 0 Å². The lowest BCUT2D eigenvalue weighted by Gasteiger charge is -2.23. The summed E-state index contributed by atoms with van der Waals surface area (Å²) in [4.78, 5) is 11.2. The molecule has 1 fully saturated rings. The zero-order valence-corrected chi connectivity index (χ0v) is 19.8. The van der Waals surface area contributed by atoms with Crippen molar-refractivity contribution < 1.29 is 19.7 Å². The van der Waals surface area contributed by atoms with Crippen molar-refractivity contribution in [1.29, 1.82) is 0 Å². The van der Waals surface area contributed by atoms with Crippen molar-refractivity contribution in [3.63, 3.8) is 0 Å². The number of carbonyl (C=O) groups is 1. The Morgan fingerprint density at radius 2 is 1.94 bits per heavy atom. The summed E-state index contributed by atoms with van der Waals surface area (Å²) in [6.07, 6.45) is 12.2. The second-order valence-corrected chi connectivity index (χ2v) is 9.28. The number of benzene rings is 1. The number of unbranched alkanes of at least 4 members (excludes halogenated alkanes) is 4. The lowest BCUT2D eigenvalue weighted by atomic mass is 9.84. The molecule has 0 bridgehead atoms. The minimum atomic E-state index is -0.454. The Morgan fingerprint density at radius 3 is 2.61 bits per heavy atom. The fourth-order valence-electron chi connectivity index (χ4n) is 4.54. The summed E-state index contributed by atoms with van der Waals surface area (Å²) < 4.78 is 4.66. The van der Waals surface area contributed by atoms with E-state index in [1.54, 1.807) is 0 Å². The van der Waals surface area contributed by atoms with Crippen LogP contribution < -0.4 is 0 Å². The van der Waals surface area contributed by atoms with E-state index in [1.807, 2.05) is 24.3 Å². The first-order chi connectivity index (χ1) is 15.0. The predicted octanol–water partition coefficient (Wildman–Crippen LogP) is 6.05. The Morgan fingerprint density at radius 1 is 1.19 bits per heavy atom. The molecular formula is C26H39ClO4. The van der Waals surface area contributed by atoms with E-state index in [0.29, 0.717) is 12.8 Å². The number of hydrogen-bond acceptors (Lipinski definition) is 4. The van der Waals surface area contributed by atoms with E-state index in [2.05, 4.69) is 23.8 Å². The summed E-state index contributed by atoms with van der Waals surface area (Å²) >= 11 is 6.59. The van der Waals surface area contributed by atoms with Crippen LogP contribution in [0.2, 0.25) is 0 Å². The molecule has 1 aliphatic rings. The zero-order valence-electron chi connectivity index (χ0n) is 19.0. The summed E-state index contributed by atoms with van der Waals surface area (Å²) in [5.74, 6) is -0.0148. The molecule has 1 aromatic rings. The van der Waals surface area contributed by atoms with Gasteiger partial charge < -0.3 is 14.9 Å². The van der Waals surface area contributed by atoms with Crippen LogP contribution in [0.25, 0.3) is 0 Å². The third-order valence-electron chi connectivity index (χ3n) is 6.40. The van der Waals surface area contributed by atoms with Crippen molar-refractivity contribution in [3.8, 4) is 0 Å². The summed E-state index contributed by atoms with van der Waals surface area (Å²) in [5, 5.41) is 21.0. The van der Waals surface area contributed by atoms with Crippen LogP contribution >= 0.6 is 11.6 Å². The number of aliphatic hydroxyl groups excluding tert-OH is 2. The van der Waals surface area contributed by atoms with E-state index >= 15 is 0 Å². The van der Waals surface area contributed by atoms with Crippen LogP contribution in [-0.2, 0) is 9.53 Å². The molecule has 4 nitrogen and oxygen atoms in total. The molecule has 0 spiro atoms. The van der Waals surface area contributed by atoms with Crippen LogP contribution in [0.15, 0.2) is 36.4 Å². The molecule has 1 aliphatic carbocycles. The molecule has 0 radical (unpaired) electrons. The van der Waals surface area contributed by atoms with Crippen molar-refractivity contribution in [3.05, 3.63) is 47.5 Å². The van der Waals surface area contributed by atoms with Gasteiger partial charge in [-0.25, -0.2) is 0 Å². The molecule has 1 aromatic carbocycles. The van der Waals surface area contributed by atoms with Crippen LogP contribution in [0.1, 0.15) is 94.3 Å². The molecule has 0 amide bonds. The highest BCUT2D eigenvalue weighted by Crippen LogP contribution is 2.45. The van der Waals surface area contributed by atoms with Crippen LogP contribution in [-0.4, -0.2) is 34.8 Å². The van der Waals surface area contributed by atoms with Gasteiger partial charge >= 0.3 is 5.97 Å². The van der Waals surface area contributed by atoms with E-state index < -0.39 is 12.2 Å². The highest BCUT2D eigenvalue weighted by Gasteiger charge is 2.41. The number of alkyl halides is 1. The first kappa shape index (κ1) is 25.9. The van der Waals surface area contributed by atoms with E-state index in [1.165, 1.54) is 20.0 Å². The van der Waals surface area contributed by atoms with Gasteiger partial charge in [0.1, 0.15) is 0 Å². The fourth-order valence-corrected chi connectivity index (χ4v) is 4.98. The lowest BCUT2D eigenvalue weighted by Crippen LogP contribution is -2.18. The maximum absolute atomic E-state index is 11.2. The van der Waals surface area contributed by atoms with Gasteiger partial charge in [-0.3, -0.25) is 4.79 Å². The maximum atomic E-state index is 11.2. The van der Waals surface area contributed by atoms with E-state index in [-0.39, 0.29) is 23.2 Å². The van der Waals surface area contributed by atoms with Gasteiger partial charge in [-0.05, 0) is 49.1 Å². The first-order valence-corrected chi connectivity index (χ1v) is 12.2. The highest BCUT2D eigenvalue weighted by atomic mass is 35.5. The number of ether oxygens (including phenoxy) is 1. The second-order valence-electron chi connectivity index (χ2n) is 8.72. The molecule has 2 rings (SSSR count). The third-order valence-corrected chi connectivity index (χ3v) is 6.90.